The van der Waals surface area contributed by atoms with Gasteiger partial charge in [-0.25, -0.2) is 0 Å². The van der Waals surface area contributed by atoms with Crippen molar-refractivity contribution in [3.05, 3.63) is 22.7 Å². The molecule has 1 aromatic rings. The maximum Gasteiger partial charge on any atom is 0.229 e. The molecular weight excluding hydrogens is 318 g/mol. The third-order valence-corrected chi connectivity index (χ3v) is 4.83. The average Bonchev–Trinajstić information content (AvgIpc) is 3.00. The van der Waals surface area contributed by atoms with Crippen molar-refractivity contribution in [2.75, 3.05) is 24.3 Å². The van der Waals surface area contributed by atoms with Gasteiger partial charge in [-0.3, -0.25) is 4.79 Å². The summed E-state index contributed by atoms with van der Waals surface area (Å²) in [5.74, 6) is 0.258. The molecule has 0 aromatic heterocycles. The second-order valence-corrected chi connectivity index (χ2v) is 6.85. The quantitative estimate of drug-likeness (QED) is 0.890. The van der Waals surface area contributed by atoms with E-state index in [0.717, 1.165) is 28.7 Å². The van der Waals surface area contributed by atoms with Crippen molar-refractivity contribution in [3.8, 4) is 0 Å². The summed E-state index contributed by atoms with van der Waals surface area (Å²) in [5, 5.41) is 6.62. The molecular formula is C15H20BrN3O. The number of amides is 1. The Balaban J connectivity index is 1.77. The van der Waals surface area contributed by atoms with E-state index in [2.05, 4.69) is 26.6 Å². The Labute approximate surface area is 128 Å². The number of hydrogen-bond donors (Lipinski definition) is 2. The molecule has 5 heteroatoms. The van der Waals surface area contributed by atoms with E-state index in [-0.39, 0.29) is 11.8 Å². The lowest BCUT2D eigenvalue weighted by molar-refractivity contribution is -0.120. The first kappa shape index (κ1) is 13.9. The Kier molecular flexibility index (Phi) is 3.73. The number of hydrogen-bond acceptors (Lipinski definition) is 3. The third kappa shape index (κ3) is 2.56. The molecule has 2 aliphatic heterocycles. The highest BCUT2D eigenvalue weighted by Gasteiger charge is 2.42. The number of nitrogens with one attached hydrogen (secondary N) is 2. The number of halogens is 1. The Bertz CT molecular complexity index is 532. The molecule has 0 saturated carbocycles. The van der Waals surface area contributed by atoms with Crippen LogP contribution in [0, 0.1) is 5.92 Å². The van der Waals surface area contributed by atoms with Crippen molar-refractivity contribution >= 4 is 33.2 Å². The van der Waals surface area contributed by atoms with Crippen molar-refractivity contribution in [1.29, 1.82) is 0 Å². The number of carbonyl (C=O) groups excluding carboxylic acids is 1. The fourth-order valence-corrected chi connectivity index (χ4v) is 3.70. The lowest BCUT2D eigenvalue weighted by Crippen LogP contribution is -2.33. The molecule has 2 heterocycles. The van der Waals surface area contributed by atoms with Crippen molar-refractivity contribution in [1.82, 2.24) is 5.32 Å². The summed E-state index contributed by atoms with van der Waals surface area (Å²) >= 11 is 3.47. The first-order chi connectivity index (χ1) is 9.54. The maximum absolute atomic E-state index is 12.5. The number of rotatable bonds is 3. The molecule has 2 N–H and O–H groups in total. The summed E-state index contributed by atoms with van der Waals surface area (Å²) in [6, 6.07) is 6.89. The van der Waals surface area contributed by atoms with Crippen LogP contribution >= 0.6 is 15.9 Å². The minimum atomic E-state index is 0.114. The molecule has 108 valence electrons. The molecule has 20 heavy (non-hydrogen) atoms. The van der Waals surface area contributed by atoms with Crippen molar-refractivity contribution in [2.24, 2.45) is 5.92 Å². The van der Waals surface area contributed by atoms with Gasteiger partial charge in [0.15, 0.2) is 0 Å². The normalized spacial score (nSPS) is 27.6. The van der Waals surface area contributed by atoms with E-state index in [1.54, 1.807) is 0 Å². The zero-order valence-electron chi connectivity index (χ0n) is 11.8. The molecule has 2 aliphatic rings. The molecule has 3 rings (SSSR count). The molecule has 2 fully saturated rings. The van der Waals surface area contributed by atoms with Crippen LogP contribution < -0.4 is 15.5 Å². The van der Waals surface area contributed by atoms with Gasteiger partial charge in [0.2, 0.25) is 5.91 Å². The second kappa shape index (κ2) is 5.37. The van der Waals surface area contributed by atoms with Crippen LogP contribution in [0.4, 0.5) is 11.4 Å². The molecule has 0 aliphatic carbocycles. The highest BCUT2D eigenvalue weighted by Crippen LogP contribution is 2.35. The molecule has 3 unspecified atom stereocenters. The molecule has 0 spiro atoms. The standard InChI is InChI=1S/C15H20BrN3O/c1-19(2)14-6-3-9(16)7-13(14)18-15(20)11-8-10-4-5-12(11)17-10/h3,6-7,10-12,17H,4-5,8H2,1-2H3,(H,18,20). The molecule has 1 amide bonds. The topological polar surface area (TPSA) is 44.4 Å². The van der Waals surface area contributed by atoms with Crippen LogP contribution in [0.25, 0.3) is 0 Å². The zero-order valence-corrected chi connectivity index (χ0v) is 13.4. The SMILES string of the molecule is CN(C)c1ccc(Br)cc1NC(=O)C1CC2CCC1N2. The fourth-order valence-electron chi connectivity index (χ4n) is 3.34. The average molecular weight is 338 g/mol. The third-order valence-electron chi connectivity index (χ3n) is 4.34. The molecule has 3 atom stereocenters. The van der Waals surface area contributed by atoms with Gasteiger partial charge in [-0.05, 0) is 37.5 Å². The minimum Gasteiger partial charge on any atom is -0.376 e. The molecule has 2 saturated heterocycles. The smallest absolute Gasteiger partial charge is 0.229 e. The lowest BCUT2D eigenvalue weighted by atomic mass is 9.88. The highest BCUT2D eigenvalue weighted by atomic mass is 79.9. The second-order valence-electron chi connectivity index (χ2n) is 5.93. The monoisotopic (exact) mass is 337 g/mol. The number of fused-ring (bicyclic) bond motifs is 2. The van der Waals surface area contributed by atoms with Crippen LogP contribution in [0.1, 0.15) is 19.3 Å². The Morgan fingerprint density at radius 3 is 2.80 bits per heavy atom. The molecule has 0 radical (unpaired) electrons. The molecule has 2 bridgehead atoms. The van der Waals surface area contributed by atoms with Gasteiger partial charge in [0.05, 0.1) is 17.3 Å². The van der Waals surface area contributed by atoms with Crippen molar-refractivity contribution in [3.63, 3.8) is 0 Å². The van der Waals surface area contributed by atoms with E-state index < -0.39 is 0 Å². The van der Waals surface area contributed by atoms with Gasteiger partial charge in [0.1, 0.15) is 0 Å². The van der Waals surface area contributed by atoms with Crippen LogP contribution in [-0.2, 0) is 4.79 Å². The van der Waals surface area contributed by atoms with Crippen LogP contribution in [0.2, 0.25) is 0 Å². The summed E-state index contributed by atoms with van der Waals surface area (Å²) in [7, 11) is 3.97. The lowest BCUT2D eigenvalue weighted by Gasteiger charge is -2.22. The number of carbonyl (C=O) groups is 1. The van der Waals surface area contributed by atoms with Crippen LogP contribution in [0.3, 0.4) is 0 Å². The number of benzene rings is 1. The van der Waals surface area contributed by atoms with Gasteiger partial charge in [-0.2, -0.15) is 0 Å². The zero-order chi connectivity index (χ0) is 14.3. The first-order valence-electron chi connectivity index (χ1n) is 7.08. The van der Waals surface area contributed by atoms with E-state index in [1.807, 2.05) is 37.2 Å². The Hall–Kier alpha value is -1.07. The Morgan fingerprint density at radius 2 is 2.20 bits per heavy atom. The predicted octanol–water partition coefficient (Wildman–Crippen LogP) is 2.59. The largest absolute Gasteiger partial charge is 0.376 e. The minimum absolute atomic E-state index is 0.114. The maximum atomic E-state index is 12.5. The fraction of sp³-hybridized carbons (Fsp3) is 0.533. The number of anilines is 2. The van der Waals surface area contributed by atoms with E-state index in [4.69, 9.17) is 0 Å². The van der Waals surface area contributed by atoms with Gasteiger partial charge in [0, 0.05) is 30.7 Å². The summed E-state index contributed by atoms with van der Waals surface area (Å²) in [5.41, 5.74) is 1.90. The summed E-state index contributed by atoms with van der Waals surface area (Å²) in [4.78, 5) is 14.5. The van der Waals surface area contributed by atoms with E-state index >= 15 is 0 Å². The van der Waals surface area contributed by atoms with Crippen molar-refractivity contribution in [2.45, 2.75) is 31.3 Å². The van der Waals surface area contributed by atoms with Gasteiger partial charge in [0.25, 0.3) is 0 Å². The summed E-state index contributed by atoms with van der Waals surface area (Å²) < 4.78 is 0.976. The van der Waals surface area contributed by atoms with E-state index in [1.165, 1.54) is 6.42 Å². The highest BCUT2D eigenvalue weighted by molar-refractivity contribution is 9.10. The number of nitrogens with zero attached hydrogens (tertiary/aromatic N) is 1. The molecule has 4 nitrogen and oxygen atoms in total. The van der Waals surface area contributed by atoms with Crippen LogP contribution in [0.15, 0.2) is 22.7 Å². The van der Waals surface area contributed by atoms with Gasteiger partial charge in [-0.15, -0.1) is 0 Å². The van der Waals surface area contributed by atoms with Crippen molar-refractivity contribution < 1.29 is 4.79 Å². The van der Waals surface area contributed by atoms with E-state index in [0.29, 0.717) is 12.1 Å². The summed E-state index contributed by atoms with van der Waals surface area (Å²) in [6.45, 7) is 0. The molecule has 1 aromatic carbocycles. The van der Waals surface area contributed by atoms with Gasteiger partial charge in [-0.1, -0.05) is 15.9 Å². The first-order valence-corrected chi connectivity index (χ1v) is 7.87. The van der Waals surface area contributed by atoms with Crippen LogP contribution in [0.5, 0.6) is 0 Å². The van der Waals surface area contributed by atoms with Gasteiger partial charge >= 0.3 is 0 Å². The van der Waals surface area contributed by atoms with Gasteiger partial charge < -0.3 is 15.5 Å². The van der Waals surface area contributed by atoms with Crippen LogP contribution in [-0.4, -0.2) is 32.1 Å². The predicted molar refractivity (Wildman–Crippen MR) is 85.2 cm³/mol. The Morgan fingerprint density at radius 1 is 1.40 bits per heavy atom. The van der Waals surface area contributed by atoms with E-state index in [9.17, 15) is 4.79 Å². The summed E-state index contributed by atoms with van der Waals surface area (Å²) in [6.07, 6.45) is 3.32.